The first-order chi connectivity index (χ1) is 9.08. The molecule has 1 N–H and O–H groups in total. The molecule has 1 unspecified atom stereocenters. The highest BCUT2D eigenvalue weighted by Gasteiger charge is 2.43. The zero-order chi connectivity index (χ0) is 13.5. The highest BCUT2D eigenvalue weighted by Crippen LogP contribution is 2.47. The first-order valence-corrected chi connectivity index (χ1v) is 7.70. The van der Waals surface area contributed by atoms with Crippen molar-refractivity contribution in [3.63, 3.8) is 0 Å². The van der Waals surface area contributed by atoms with E-state index >= 15 is 0 Å². The Morgan fingerprint density at radius 2 is 2.11 bits per heavy atom. The first-order valence-electron chi connectivity index (χ1n) is 7.70. The fourth-order valence-corrected chi connectivity index (χ4v) is 2.99. The number of hydrogen-bond donors (Lipinski definition) is 1. The van der Waals surface area contributed by atoms with Gasteiger partial charge < -0.3 is 5.32 Å². The molecule has 1 heterocycles. The molecular weight excluding hydrogens is 236 g/mol. The van der Waals surface area contributed by atoms with E-state index < -0.39 is 0 Å². The van der Waals surface area contributed by atoms with Crippen LogP contribution in [0.4, 0.5) is 0 Å². The van der Waals surface area contributed by atoms with Crippen LogP contribution < -0.4 is 5.32 Å². The second-order valence-corrected chi connectivity index (χ2v) is 6.97. The standard InChI is InChI=1S/C15H26N4/c1-11(2)19-14(17-10-18-19)8-15(3,12-4-5-12)9-16-13-6-7-13/h10-13,16H,4-9H2,1-3H3. The molecule has 4 heteroatoms. The predicted molar refractivity (Wildman–Crippen MR) is 76.0 cm³/mol. The predicted octanol–water partition coefficient (Wildman–Crippen LogP) is 2.57. The van der Waals surface area contributed by atoms with Gasteiger partial charge in [-0.15, -0.1) is 0 Å². The summed E-state index contributed by atoms with van der Waals surface area (Å²) in [6.07, 6.45) is 8.26. The van der Waals surface area contributed by atoms with Crippen molar-refractivity contribution in [1.82, 2.24) is 20.1 Å². The van der Waals surface area contributed by atoms with Gasteiger partial charge in [0.1, 0.15) is 12.2 Å². The van der Waals surface area contributed by atoms with Crippen LogP contribution in [0.2, 0.25) is 0 Å². The average molecular weight is 262 g/mol. The van der Waals surface area contributed by atoms with Gasteiger partial charge in [0.15, 0.2) is 0 Å². The van der Waals surface area contributed by atoms with Gasteiger partial charge in [-0.25, -0.2) is 9.67 Å². The molecule has 2 fully saturated rings. The normalized spacial score (nSPS) is 22.7. The molecule has 0 spiro atoms. The van der Waals surface area contributed by atoms with Crippen LogP contribution in [0.1, 0.15) is 58.3 Å². The van der Waals surface area contributed by atoms with Crippen molar-refractivity contribution in [1.29, 1.82) is 0 Å². The van der Waals surface area contributed by atoms with Crippen LogP contribution >= 0.6 is 0 Å². The molecule has 1 aromatic heterocycles. The SMILES string of the molecule is CC(C)n1ncnc1CC(C)(CNC1CC1)C1CC1. The quantitative estimate of drug-likeness (QED) is 0.821. The van der Waals surface area contributed by atoms with Gasteiger partial charge in [-0.3, -0.25) is 0 Å². The van der Waals surface area contributed by atoms with Crippen LogP contribution in [0.15, 0.2) is 6.33 Å². The molecule has 0 bridgehead atoms. The zero-order valence-electron chi connectivity index (χ0n) is 12.4. The molecular formula is C15H26N4. The summed E-state index contributed by atoms with van der Waals surface area (Å²) < 4.78 is 2.08. The monoisotopic (exact) mass is 262 g/mol. The van der Waals surface area contributed by atoms with Crippen molar-refractivity contribution < 1.29 is 0 Å². The molecule has 1 atom stereocenters. The molecule has 19 heavy (non-hydrogen) atoms. The highest BCUT2D eigenvalue weighted by atomic mass is 15.3. The van der Waals surface area contributed by atoms with E-state index in [4.69, 9.17) is 0 Å². The summed E-state index contributed by atoms with van der Waals surface area (Å²) in [5.74, 6) is 2.03. The van der Waals surface area contributed by atoms with Crippen LogP contribution in [0.3, 0.4) is 0 Å². The zero-order valence-corrected chi connectivity index (χ0v) is 12.4. The topological polar surface area (TPSA) is 42.7 Å². The Balaban J connectivity index is 1.70. The van der Waals surface area contributed by atoms with E-state index in [-0.39, 0.29) is 0 Å². The van der Waals surface area contributed by atoms with E-state index in [1.807, 2.05) is 0 Å². The van der Waals surface area contributed by atoms with Crippen molar-refractivity contribution in [2.45, 2.75) is 65.0 Å². The van der Waals surface area contributed by atoms with Gasteiger partial charge in [0.05, 0.1) is 0 Å². The van der Waals surface area contributed by atoms with Gasteiger partial charge in [0.2, 0.25) is 0 Å². The number of rotatable bonds is 7. The van der Waals surface area contributed by atoms with E-state index in [9.17, 15) is 0 Å². The Kier molecular flexibility index (Phi) is 3.37. The van der Waals surface area contributed by atoms with Gasteiger partial charge in [0.25, 0.3) is 0 Å². The number of nitrogens with zero attached hydrogens (tertiary/aromatic N) is 3. The van der Waals surface area contributed by atoms with E-state index in [1.54, 1.807) is 6.33 Å². The van der Waals surface area contributed by atoms with Gasteiger partial charge in [-0.1, -0.05) is 6.92 Å². The van der Waals surface area contributed by atoms with Crippen molar-refractivity contribution >= 4 is 0 Å². The third-order valence-electron chi connectivity index (χ3n) is 4.63. The highest BCUT2D eigenvalue weighted by molar-refractivity contribution is 5.02. The maximum Gasteiger partial charge on any atom is 0.138 e. The number of nitrogens with one attached hydrogen (secondary N) is 1. The Morgan fingerprint density at radius 1 is 1.37 bits per heavy atom. The molecule has 0 aromatic carbocycles. The summed E-state index contributed by atoms with van der Waals surface area (Å²) in [4.78, 5) is 4.50. The molecule has 3 rings (SSSR count). The third-order valence-corrected chi connectivity index (χ3v) is 4.63. The van der Waals surface area contributed by atoms with Gasteiger partial charge >= 0.3 is 0 Å². The van der Waals surface area contributed by atoms with Crippen LogP contribution in [-0.4, -0.2) is 27.4 Å². The summed E-state index contributed by atoms with van der Waals surface area (Å²) in [6.45, 7) is 7.91. The summed E-state index contributed by atoms with van der Waals surface area (Å²) in [6, 6.07) is 1.19. The van der Waals surface area contributed by atoms with Crippen molar-refractivity contribution in [3.8, 4) is 0 Å². The lowest BCUT2D eigenvalue weighted by Gasteiger charge is -2.30. The molecule has 106 valence electrons. The van der Waals surface area contributed by atoms with E-state index in [2.05, 4.69) is 40.9 Å². The van der Waals surface area contributed by atoms with Crippen LogP contribution in [0.5, 0.6) is 0 Å². The second kappa shape index (κ2) is 4.89. The smallest absolute Gasteiger partial charge is 0.138 e. The fraction of sp³-hybridized carbons (Fsp3) is 0.867. The lowest BCUT2D eigenvalue weighted by Crippen LogP contribution is -2.37. The van der Waals surface area contributed by atoms with Crippen LogP contribution in [0.25, 0.3) is 0 Å². The first kappa shape index (κ1) is 13.1. The van der Waals surface area contributed by atoms with Crippen LogP contribution in [-0.2, 0) is 6.42 Å². The molecule has 0 aliphatic heterocycles. The van der Waals surface area contributed by atoms with E-state index in [0.29, 0.717) is 11.5 Å². The minimum absolute atomic E-state index is 0.349. The van der Waals surface area contributed by atoms with Gasteiger partial charge in [0, 0.05) is 25.0 Å². The lowest BCUT2D eigenvalue weighted by molar-refractivity contribution is 0.244. The maximum atomic E-state index is 4.50. The number of aromatic nitrogens is 3. The minimum Gasteiger partial charge on any atom is -0.313 e. The largest absolute Gasteiger partial charge is 0.313 e. The molecule has 0 saturated heterocycles. The number of hydrogen-bond acceptors (Lipinski definition) is 3. The van der Waals surface area contributed by atoms with E-state index in [1.165, 1.54) is 25.7 Å². The van der Waals surface area contributed by atoms with Crippen molar-refractivity contribution in [2.75, 3.05) is 6.54 Å². The molecule has 0 amide bonds. The summed E-state index contributed by atoms with van der Waals surface area (Å²) >= 11 is 0. The Bertz CT molecular complexity index is 431. The molecule has 4 nitrogen and oxygen atoms in total. The summed E-state index contributed by atoms with van der Waals surface area (Å²) in [5.41, 5.74) is 0.349. The van der Waals surface area contributed by atoms with Crippen molar-refractivity contribution in [3.05, 3.63) is 12.2 Å². The molecule has 2 aliphatic carbocycles. The lowest BCUT2D eigenvalue weighted by atomic mass is 9.81. The molecule has 2 saturated carbocycles. The van der Waals surface area contributed by atoms with E-state index in [0.717, 1.165) is 30.7 Å². The maximum absolute atomic E-state index is 4.50. The Labute approximate surface area is 116 Å². The Hall–Kier alpha value is -0.900. The Morgan fingerprint density at radius 3 is 2.68 bits per heavy atom. The average Bonchev–Trinajstić information content (AvgIpc) is 3.25. The molecule has 2 aliphatic rings. The second-order valence-electron chi connectivity index (χ2n) is 6.97. The summed E-state index contributed by atoms with van der Waals surface area (Å²) in [5, 5.41) is 8.09. The van der Waals surface area contributed by atoms with Crippen LogP contribution in [0, 0.1) is 11.3 Å². The van der Waals surface area contributed by atoms with Gasteiger partial charge in [-0.05, 0) is 50.9 Å². The minimum atomic E-state index is 0.349. The molecule has 0 radical (unpaired) electrons. The third kappa shape index (κ3) is 2.99. The van der Waals surface area contributed by atoms with Crippen molar-refractivity contribution in [2.24, 2.45) is 11.3 Å². The fourth-order valence-electron chi connectivity index (χ4n) is 2.99. The van der Waals surface area contributed by atoms with Gasteiger partial charge in [-0.2, -0.15) is 5.10 Å². The summed E-state index contributed by atoms with van der Waals surface area (Å²) in [7, 11) is 0. The molecule has 1 aromatic rings.